The second-order valence-corrected chi connectivity index (χ2v) is 11.6. The van der Waals surface area contributed by atoms with Crippen LogP contribution in [0.1, 0.15) is 6.92 Å². The van der Waals surface area contributed by atoms with Gasteiger partial charge in [-0.2, -0.15) is 0 Å². The van der Waals surface area contributed by atoms with Gasteiger partial charge in [-0.05, 0) is 12.0 Å². The number of rotatable bonds is 10. The van der Waals surface area contributed by atoms with E-state index >= 15 is 0 Å². The molecule has 0 fully saturated rings. The summed E-state index contributed by atoms with van der Waals surface area (Å²) in [7, 11) is 2.97. The molecule has 0 radical (unpaired) electrons. The Bertz CT molecular complexity index is 216. The van der Waals surface area contributed by atoms with Crippen LogP contribution in [0.4, 0.5) is 0 Å². The van der Waals surface area contributed by atoms with Crippen LogP contribution >= 0.6 is 11.6 Å². The highest BCUT2D eigenvalue weighted by molar-refractivity contribution is 6.83. The van der Waals surface area contributed by atoms with Crippen molar-refractivity contribution in [3.05, 3.63) is 0 Å². The van der Waals surface area contributed by atoms with E-state index in [-0.39, 0.29) is 0 Å². The average Bonchev–Trinajstić information content (AvgIpc) is 2.43. The van der Waals surface area contributed by atoms with E-state index in [1.165, 1.54) is 0 Å². The molecule has 18 heavy (non-hydrogen) atoms. The molecule has 0 heterocycles. The van der Waals surface area contributed by atoms with Crippen LogP contribution in [0.2, 0.25) is 11.7 Å². The molecule has 0 aliphatic carbocycles. The fraction of sp³-hybridized carbons (Fsp3) is 1.00. The van der Waals surface area contributed by atoms with Crippen molar-refractivity contribution in [3.8, 4) is 0 Å². The van der Waals surface area contributed by atoms with Crippen molar-refractivity contribution in [2.75, 3.05) is 41.4 Å². The lowest BCUT2D eigenvalue weighted by Crippen LogP contribution is -2.55. The fourth-order valence-electron chi connectivity index (χ4n) is 1.85. The van der Waals surface area contributed by atoms with E-state index in [1.807, 2.05) is 0 Å². The number of hydrogen-bond donors (Lipinski definition) is 0. The summed E-state index contributed by atoms with van der Waals surface area (Å²) in [6.07, 6.45) is 0. The summed E-state index contributed by atoms with van der Waals surface area (Å²) in [5.41, 5.74) is 0.553. The summed E-state index contributed by atoms with van der Waals surface area (Å²) in [5.74, 6) is 0.888. The predicted octanol–water partition coefficient (Wildman–Crippen LogP) is 2.01. The monoisotopic (exact) mass is 316 g/mol. The van der Waals surface area contributed by atoms with Gasteiger partial charge in [0, 0.05) is 41.4 Å². The Balaban J connectivity index is 4.98. The Morgan fingerprint density at radius 2 is 1.33 bits per heavy atom. The lowest BCUT2D eigenvalue weighted by atomic mass is 10.3. The van der Waals surface area contributed by atoms with Crippen molar-refractivity contribution < 1.29 is 22.1 Å². The highest BCUT2D eigenvalue weighted by Crippen LogP contribution is 2.29. The molecule has 0 spiro atoms. The normalized spacial score (nSPS) is 14.8. The van der Waals surface area contributed by atoms with Crippen molar-refractivity contribution in [3.63, 3.8) is 0 Å². The van der Waals surface area contributed by atoms with Crippen LogP contribution in [0, 0.1) is 5.92 Å². The van der Waals surface area contributed by atoms with Gasteiger partial charge in [0.25, 0.3) is 0 Å². The van der Waals surface area contributed by atoms with Gasteiger partial charge in [0.1, 0.15) is 0 Å². The third-order valence-corrected chi connectivity index (χ3v) is 12.2. The lowest BCUT2D eigenvalue weighted by molar-refractivity contribution is 0.122. The minimum Gasteiger partial charge on any atom is -0.398 e. The van der Waals surface area contributed by atoms with E-state index in [0.29, 0.717) is 17.5 Å². The molecule has 0 aromatic rings. The first-order valence-corrected chi connectivity index (χ1v) is 10.5. The van der Waals surface area contributed by atoms with Gasteiger partial charge in [-0.25, -0.2) is 0 Å². The van der Waals surface area contributed by atoms with Crippen LogP contribution in [-0.2, 0) is 22.1 Å². The Labute approximate surface area is 117 Å². The molecule has 0 saturated carbocycles. The molecule has 110 valence electrons. The van der Waals surface area contributed by atoms with Crippen LogP contribution < -0.4 is 0 Å². The average molecular weight is 317 g/mol. The zero-order chi connectivity index (χ0) is 14.2. The standard InChI is InChI=1S/C10H25ClO5Si2/c1-10(7-11)8-17(12-2,13-3)9-18(14-4,15-5)16-6/h10H,7-9H2,1-6H3. The van der Waals surface area contributed by atoms with Gasteiger partial charge in [0.2, 0.25) is 0 Å². The van der Waals surface area contributed by atoms with Crippen LogP contribution in [0.3, 0.4) is 0 Å². The Morgan fingerprint density at radius 3 is 1.61 bits per heavy atom. The Kier molecular flexibility index (Phi) is 8.90. The Morgan fingerprint density at radius 1 is 0.889 bits per heavy atom. The van der Waals surface area contributed by atoms with Gasteiger partial charge in [0.05, 0.1) is 5.67 Å². The summed E-state index contributed by atoms with van der Waals surface area (Å²) in [5, 5.41) is 0. The van der Waals surface area contributed by atoms with Crippen molar-refractivity contribution in [2.45, 2.75) is 18.6 Å². The summed E-state index contributed by atoms with van der Waals surface area (Å²) in [6.45, 7) is 2.07. The lowest BCUT2D eigenvalue weighted by Gasteiger charge is -2.35. The van der Waals surface area contributed by atoms with Crippen LogP contribution in [-0.4, -0.2) is 58.8 Å². The van der Waals surface area contributed by atoms with Crippen LogP contribution in [0.25, 0.3) is 0 Å². The maximum Gasteiger partial charge on any atom is 0.502 e. The molecule has 0 rings (SSSR count). The summed E-state index contributed by atoms with van der Waals surface area (Å²) < 4.78 is 27.7. The summed E-state index contributed by atoms with van der Waals surface area (Å²) >= 11 is 5.87. The van der Waals surface area contributed by atoms with Crippen molar-refractivity contribution in [1.29, 1.82) is 0 Å². The van der Waals surface area contributed by atoms with Crippen molar-refractivity contribution >= 4 is 29.0 Å². The molecular weight excluding hydrogens is 292 g/mol. The van der Waals surface area contributed by atoms with Gasteiger partial charge in [0.15, 0.2) is 0 Å². The molecule has 0 aliphatic rings. The minimum atomic E-state index is -2.71. The van der Waals surface area contributed by atoms with E-state index in [9.17, 15) is 0 Å². The molecule has 5 nitrogen and oxygen atoms in total. The number of hydrogen-bond acceptors (Lipinski definition) is 5. The molecule has 0 bridgehead atoms. The predicted molar refractivity (Wildman–Crippen MR) is 76.1 cm³/mol. The molecule has 1 atom stereocenters. The third-order valence-electron chi connectivity index (χ3n) is 3.09. The zero-order valence-corrected chi connectivity index (χ0v) is 14.9. The maximum atomic E-state index is 5.87. The molecule has 0 aromatic carbocycles. The topological polar surface area (TPSA) is 46.2 Å². The molecule has 8 heteroatoms. The van der Waals surface area contributed by atoms with Gasteiger partial charge < -0.3 is 22.1 Å². The van der Waals surface area contributed by atoms with Crippen LogP contribution in [0.5, 0.6) is 0 Å². The molecule has 0 saturated heterocycles. The zero-order valence-electron chi connectivity index (χ0n) is 12.1. The Hall–Kier alpha value is 0.524. The summed E-state index contributed by atoms with van der Waals surface area (Å²) in [4.78, 5) is 0. The third kappa shape index (κ3) is 4.89. The first-order valence-electron chi connectivity index (χ1n) is 5.78. The van der Waals surface area contributed by atoms with Gasteiger partial charge in [-0.3, -0.25) is 0 Å². The molecule has 0 N–H and O–H groups in total. The highest BCUT2D eigenvalue weighted by atomic mass is 35.5. The SMILES string of the molecule is CO[Si](CC(C)CCl)(C[Si](OC)(OC)OC)OC. The molecule has 1 unspecified atom stereocenters. The van der Waals surface area contributed by atoms with Crippen molar-refractivity contribution in [1.82, 2.24) is 0 Å². The largest absolute Gasteiger partial charge is 0.502 e. The number of halogens is 1. The molecule has 0 aromatic heterocycles. The van der Waals surface area contributed by atoms with Crippen molar-refractivity contribution in [2.24, 2.45) is 5.92 Å². The molecule has 0 aliphatic heterocycles. The second kappa shape index (κ2) is 8.65. The van der Waals surface area contributed by atoms with Crippen LogP contribution in [0.15, 0.2) is 0 Å². The minimum absolute atomic E-state index is 0.315. The van der Waals surface area contributed by atoms with E-state index < -0.39 is 17.4 Å². The van der Waals surface area contributed by atoms with E-state index in [0.717, 1.165) is 6.04 Å². The number of alkyl halides is 1. The molecule has 0 amide bonds. The first kappa shape index (κ1) is 18.5. The van der Waals surface area contributed by atoms with Gasteiger partial charge in [-0.15, -0.1) is 11.6 Å². The summed E-state index contributed by atoms with van der Waals surface area (Å²) in [6, 6.07) is 0.786. The maximum absolute atomic E-state index is 5.87. The van der Waals surface area contributed by atoms with Gasteiger partial charge >= 0.3 is 17.4 Å². The smallest absolute Gasteiger partial charge is 0.398 e. The molecular formula is C10H25ClO5Si2. The fourth-order valence-corrected chi connectivity index (χ4v) is 10.4. The highest BCUT2D eigenvalue weighted by Gasteiger charge is 2.51. The quantitative estimate of drug-likeness (QED) is 0.456. The van der Waals surface area contributed by atoms with E-state index in [1.54, 1.807) is 35.5 Å². The van der Waals surface area contributed by atoms with Gasteiger partial charge in [-0.1, -0.05) is 6.92 Å². The first-order chi connectivity index (χ1) is 8.46. The van der Waals surface area contributed by atoms with E-state index in [2.05, 4.69) is 6.92 Å². The second-order valence-electron chi connectivity index (χ2n) is 4.25. The van der Waals surface area contributed by atoms with E-state index in [4.69, 9.17) is 33.7 Å².